The first-order valence-corrected chi connectivity index (χ1v) is 7.68. The predicted molar refractivity (Wildman–Crippen MR) is 84.2 cm³/mol. The zero-order valence-corrected chi connectivity index (χ0v) is 13.4. The Bertz CT molecular complexity index is 423. The van der Waals surface area contributed by atoms with Crippen molar-refractivity contribution in [2.24, 2.45) is 10.9 Å². The second kappa shape index (κ2) is 8.02. The molecule has 1 aliphatic heterocycles. The third-order valence-corrected chi connectivity index (χ3v) is 4.14. The van der Waals surface area contributed by atoms with Gasteiger partial charge in [-0.25, -0.2) is 0 Å². The molecular weight excluding hydrogens is 266 g/mol. The molecule has 0 aliphatic carbocycles. The van der Waals surface area contributed by atoms with Gasteiger partial charge in [-0.05, 0) is 45.3 Å². The van der Waals surface area contributed by atoms with Crippen molar-refractivity contribution >= 4 is 5.96 Å². The molecule has 1 aromatic rings. The molecular formula is C15H27N5O. The molecule has 0 radical (unpaired) electrons. The Morgan fingerprint density at radius 3 is 2.90 bits per heavy atom. The normalized spacial score (nSPS) is 18.0. The van der Waals surface area contributed by atoms with Crippen molar-refractivity contribution in [3.63, 3.8) is 0 Å². The Kier molecular flexibility index (Phi) is 6.04. The molecule has 1 aliphatic rings. The van der Waals surface area contributed by atoms with Gasteiger partial charge in [0, 0.05) is 26.7 Å². The third kappa shape index (κ3) is 5.04. The third-order valence-electron chi connectivity index (χ3n) is 4.14. The first kappa shape index (κ1) is 15.8. The minimum atomic E-state index is 0.699. The van der Waals surface area contributed by atoms with Crippen LogP contribution in [0.3, 0.4) is 0 Å². The van der Waals surface area contributed by atoms with Crippen molar-refractivity contribution in [1.82, 2.24) is 20.3 Å². The van der Waals surface area contributed by atoms with Gasteiger partial charge >= 0.3 is 0 Å². The van der Waals surface area contributed by atoms with Gasteiger partial charge in [-0.15, -0.1) is 0 Å². The van der Waals surface area contributed by atoms with Crippen molar-refractivity contribution in [2.45, 2.75) is 25.8 Å². The summed E-state index contributed by atoms with van der Waals surface area (Å²) in [6, 6.07) is 1.88. The number of likely N-dealkylation sites (tertiary alicyclic amines) is 1. The van der Waals surface area contributed by atoms with E-state index in [0.717, 1.165) is 24.1 Å². The highest BCUT2D eigenvalue weighted by Crippen LogP contribution is 2.18. The van der Waals surface area contributed by atoms with E-state index in [1.165, 1.54) is 32.4 Å². The molecule has 1 N–H and O–H groups in total. The van der Waals surface area contributed by atoms with Crippen molar-refractivity contribution in [2.75, 3.05) is 40.8 Å². The molecule has 1 fully saturated rings. The number of hydrogen-bond acceptors (Lipinski definition) is 4. The quantitative estimate of drug-likeness (QED) is 0.657. The van der Waals surface area contributed by atoms with E-state index in [9.17, 15) is 0 Å². The van der Waals surface area contributed by atoms with E-state index < -0.39 is 0 Å². The number of aromatic nitrogens is 1. The van der Waals surface area contributed by atoms with Gasteiger partial charge in [-0.3, -0.25) is 4.99 Å². The van der Waals surface area contributed by atoms with Crippen LogP contribution in [0.25, 0.3) is 0 Å². The molecule has 0 bridgehead atoms. The van der Waals surface area contributed by atoms with Crippen molar-refractivity contribution in [1.29, 1.82) is 0 Å². The van der Waals surface area contributed by atoms with E-state index in [1.807, 2.05) is 20.2 Å². The first-order chi connectivity index (χ1) is 10.2. The van der Waals surface area contributed by atoms with Crippen LogP contribution < -0.4 is 5.32 Å². The fourth-order valence-corrected chi connectivity index (χ4v) is 2.76. The van der Waals surface area contributed by atoms with E-state index in [0.29, 0.717) is 6.54 Å². The van der Waals surface area contributed by atoms with E-state index >= 15 is 0 Å². The minimum Gasteiger partial charge on any atom is -0.364 e. The van der Waals surface area contributed by atoms with Crippen LogP contribution in [-0.2, 0) is 6.54 Å². The maximum Gasteiger partial charge on any atom is 0.193 e. The topological polar surface area (TPSA) is 56.9 Å². The Morgan fingerprint density at radius 2 is 2.29 bits per heavy atom. The zero-order valence-electron chi connectivity index (χ0n) is 13.4. The zero-order chi connectivity index (χ0) is 15.1. The molecule has 6 nitrogen and oxygen atoms in total. The van der Waals surface area contributed by atoms with Gasteiger partial charge < -0.3 is 19.6 Å². The fourth-order valence-electron chi connectivity index (χ4n) is 2.76. The minimum absolute atomic E-state index is 0.699. The molecule has 0 amide bonds. The number of guanidine groups is 1. The van der Waals surface area contributed by atoms with E-state index in [-0.39, 0.29) is 0 Å². The monoisotopic (exact) mass is 293 g/mol. The lowest BCUT2D eigenvalue weighted by Gasteiger charge is -2.29. The van der Waals surface area contributed by atoms with Gasteiger partial charge in [0.1, 0.15) is 12.0 Å². The molecule has 0 atom stereocenters. The SMILES string of the molecule is CN=C(NCCC1CCN(C)CC1)N(C)Cc1ccon1. The van der Waals surface area contributed by atoms with E-state index in [4.69, 9.17) is 4.52 Å². The van der Waals surface area contributed by atoms with E-state index in [2.05, 4.69) is 32.3 Å². The number of hydrogen-bond donors (Lipinski definition) is 1. The van der Waals surface area contributed by atoms with Crippen LogP contribution in [0.15, 0.2) is 21.8 Å². The van der Waals surface area contributed by atoms with Crippen LogP contribution >= 0.6 is 0 Å². The lowest BCUT2D eigenvalue weighted by Crippen LogP contribution is -2.40. The van der Waals surface area contributed by atoms with Crippen LogP contribution in [0.1, 0.15) is 25.0 Å². The summed E-state index contributed by atoms with van der Waals surface area (Å²) in [7, 11) is 6.03. The molecule has 0 unspecified atom stereocenters. The van der Waals surface area contributed by atoms with Gasteiger partial charge in [-0.1, -0.05) is 5.16 Å². The van der Waals surface area contributed by atoms with Crippen LogP contribution in [0, 0.1) is 5.92 Å². The number of nitrogens with zero attached hydrogens (tertiary/aromatic N) is 4. The summed E-state index contributed by atoms with van der Waals surface area (Å²) in [5.74, 6) is 1.75. The molecule has 21 heavy (non-hydrogen) atoms. The van der Waals surface area contributed by atoms with Gasteiger partial charge in [0.15, 0.2) is 5.96 Å². The summed E-state index contributed by atoms with van der Waals surface area (Å²) in [6.45, 7) is 4.13. The van der Waals surface area contributed by atoms with Gasteiger partial charge in [0.05, 0.1) is 6.54 Å². The highest BCUT2D eigenvalue weighted by molar-refractivity contribution is 5.79. The number of piperidine rings is 1. The molecule has 0 saturated carbocycles. The van der Waals surface area contributed by atoms with Gasteiger partial charge in [0.25, 0.3) is 0 Å². The fraction of sp³-hybridized carbons (Fsp3) is 0.733. The van der Waals surface area contributed by atoms with Crippen molar-refractivity contribution in [3.8, 4) is 0 Å². The lowest BCUT2D eigenvalue weighted by molar-refractivity contribution is 0.212. The molecule has 118 valence electrons. The second-order valence-electron chi connectivity index (χ2n) is 5.86. The predicted octanol–water partition coefficient (Wildman–Crippen LogP) is 1.41. The summed E-state index contributed by atoms with van der Waals surface area (Å²) in [6.07, 6.45) is 5.43. The Labute approximate surface area is 127 Å². The standard InChI is InChI=1S/C15H27N5O/c1-16-15(20(3)12-14-7-11-21-18-14)17-8-4-13-5-9-19(2)10-6-13/h7,11,13H,4-6,8-10,12H2,1-3H3,(H,16,17). The molecule has 6 heteroatoms. The lowest BCUT2D eigenvalue weighted by atomic mass is 9.94. The van der Waals surface area contributed by atoms with Crippen LogP contribution in [0.5, 0.6) is 0 Å². The average molecular weight is 293 g/mol. The maximum atomic E-state index is 4.86. The number of nitrogens with one attached hydrogen (secondary N) is 1. The summed E-state index contributed by atoms with van der Waals surface area (Å²) in [5, 5.41) is 7.37. The van der Waals surface area contributed by atoms with Crippen LogP contribution in [0.4, 0.5) is 0 Å². The van der Waals surface area contributed by atoms with E-state index in [1.54, 1.807) is 6.26 Å². The first-order valence-electron chi connectivity index (χ1n) is 7.68. The van der Waals surface area contributed by atoms with Gasteiger partial charge in [-0.2, -0.15) is 0 Å². The van der Waals surface area contributed by atoms with Crippen LogP contribution in [-0.4, -0.2) is 61.7 Å². The second-order valence-corrected chi connectivity index (χ2v) is 5.86. The Morgan fingerprint density at radius 1 is 1.52 bits per heavy atom. The largest absolute Gasteiger partial charge is 0.364 e. The molecule has 0 spiro atoms. The highest BCUT2D eigenvalue weighted by atomic mass is 16.5. The van der Waals surface area contributed by atoms with Gasteiger partial charge in [0.2, 0.25) is 0 Å². The number of aliphatic imine (C=N–C) groups is 1. The summed E-state index contributed by atoms with van der Waals surface area (Å²) in [4.78, 5) is 8.80. The molecule has 1 aromatic heterocycles. The van der Waals surface area contributed by atoms with Crippen LogP contribution in [0.2, 0.25) is 0 Å². The van der Waals surface area contributed by atoms with Crippen molar-refractivity contribution in [3.05, 3.63) is 18.0 Å². The summed E-state index contributed by atoms with van der Waals surface area (Å²) < 4.78 is 4.86. The highest BCUT2D eigenvalue weighted by Gasteiger charge is 2.16. The summed E-state index contributed by atoms with van der Waals surface area (Å²) >= 11 is 0. The Balaban J connectivity index is 1.70. The molecule has 1 saturated heterocycles. The number of rotatable bonds is 5. The summed E-state index contributed by atoms with van der Waals surface area (Å²) in [5.41, 5.74) is 0.913. The molecule has 2 rings (SSSR count). The molecule has 0 aromatic carbocycles. The maximum absolute atomic E-state index is 4.86. The Hall–Kier alpha value is -1.56. The van der Waals surface area contributed by atoms with Crippen molar-refractivity contribution < 1.29 is 4.52 Å². The average Bonchev–Trinajstić information content (AvgIpc) is 2.98. The smallest absolute Gasteiger partial charge is 0.193 e. The molecule has 2 heterocycles.